The normalized spacial score (nSPS) is 21.3. The van der Waals surface area contributed by atoms with E-state index in [-0.39, 0.29) is 11.6 Å². The average molecular weight is 409 g/mol. The maximum Gasteiger partial charge on any atom is 0.259 e. The van der Waals surface area contributed by atoms with Gasteiger partial charge in [0.1, 0.15) is 10.7 Å². The van der Waals surface area contributed by atoms with Crippen LogP contribution in [0, 0.1) is 5.92 Å². The first-order chi connectivity index (χ1) is 14.1. The van der Waals surface area contributed by atoms with Crippen LogP contribution in [0.5, 0.6) is 0 Å². The van der Waals surface area contributed by atoms with Crippen molar-refractivity contribution in [2.75, 3.05) is 31.1 Å². The summed E-state index contributed by atoms with van der Waals surface area (Å²) in [6.45, 7) is 8.38. The van der Waals surface area contributed by atoms with Crippen LogP contribution >= 0.6 is 11.3 Å². The second kappa shape index (κ2) is 7.58. The number of para-hydroxylation sites is 1. The molecule has 1 fully saturated rings. The third-order valence-corrected chi connectivity index (χ3v) is 7.71. The number of piperazine rings is 1. The van der Waals surface area contributed by atoms with Gasteiger partial charge in [-0.3, -0.25) is 9.69 Å². The summed E-state index contributed by atoms with van der Waals surface area (Å²) in [5.74, 6) is 1.51. The Morgan fingerprint density at radius 3 is 2.69 bits per heavy atom. The number of hydrogen-bond acceptors (Lipinski definition) is 5. The van der Waals surface area contributed by atoms with E-state index in [2.05, 4.69) is 59.0 Å². The predicted molar refractivity (Wildman–Crippen MR) is 120 cm³/mol. The van der Waals surface area contributed by atoms with Gasteiger partial charge in [0, 0.05) is 36.7 Å². The van der Waals surface area contributed by atoms with E-state index in [9.17, 15) is 4.79 Å². The largest absolute Gasteiger partial charge is 0.369 e. The van der Waals surface area contributed by atoms with Crippen molar-refractivity contribution < 1.29 is 0 Å². The maximum absolute atomic E-state index is 12.9. The highest BCUT2D eigenvalue weighted by molar-refractivity contribution is 7.18. The first kappa shape index (κ1) is 18.8. The van der Waals surface area contributed by atoms with Gasteiger partial charge in [0.25, 0.3) is 5.56 Å². The Balaban J connectivity index is 1.36. The quantitative estimate of drug-likeness (QED) is 0.712. The van der Waals surface area contributed by atoms with Crippen molar-refractivity contribution in [2.24, 2.45) is 5.92 Å². The van der Waals surface area contributed by atoms with E-state index in [0.29, 0.717) is 5.92 Å². The van der Waals surface area contributed by atoms with Crippen molar-refractivity contribution in [3.05, 3.63) is 57.0 Å². The van der Waals surface area contributed by atoms with Crippen LogP contribution in [0.4, 0.5) is 5.69 Å². The molecule has 2 atom stereocenters. The van der Waals surface area contributed by atoms with E-state index in [4.69, 9.17) is 4.98 Å². The molecule has 1 saturated heterocycles. The molecule has 1 aromatic carbocycles. The van der Waals surface area contributed by atoms with Gasteiger partial charge in [-0.25, -0.2) is 4.98 Å². The molecule has 3 aromatic rings. The Morgan fingerprint density at radius 2 is 1.93 bits per heavy atom. The van der Waals surface area contributed by atoms with Crippen LogP contribution in [0.1, 0.15) is 42.6 Å². The average Bonchev–Trinajstić information content (AvgIpc) is 3.11. The van der Waals surface area contributed by atoms with Crippen molar-refractivity contribution >= 4 is 27.2 Å². The molecule has 3 heterocycles. The molecule has 152 valence electrons. The molecule has 1 aliphatic heterocycles. The van der Waals surface area contributed by atoms with Crippen LogP contribution in [-0.2, 0) is 12.8 Å². The molecule has 0 bridgehead atoms. The second-order valence-electron chi connectivity index (χ2n) is 8.52. The number of benzene rings is 1. The SMILES string of the molecule is CC1CCc2c(sc3nc(C(C)N4CCN(c5ccccc5)CC4)[nH]c(=O)c23)C1. The summed E-state index contributed by atoms with van der Waals surface area (Å²) in [4.78, 5) is 28.1. The van der Waals surface area contributed by atoms with E-state index in [1.165, 1.54) is 22.5 Å². The first-order valence-corrected chi connectivity index (χ1v) is 11.5. The zero-order valence-corrected chi connectivity index (χ0v) is 18.0. The molecule has 0 amide bonds. The third kappa shape index (κ3) is 3.49. The number of fused-ring (bicyclic) bond motifs is 3. The number of anilines is 1. The van der Waals surface area contributed by atoms with Crippen molar-refractivity contribution in [3.8, 4) is 0 Å². The number of aromatic nitrogens is 2. The van der Waals surface area contributed by atoms with Crippen molar-refractivity contribution in [1.82, 2.24) is 14.9 Å². The molecule has 5 rings (SSSR count). The smallest absolute Gasteiger partial charge is 0.259 e. The van der Waals surface area contributed by atoms with Gasteiger partial charge in [-0.1, -0.05) is 25.1 Å². The summed E-state index contributed by atoms with van der Waals surface area (Å²) in [5, 5.41) is 0.849. The molecule has 5 nitrogen and oxygen atoms in total. The van der Waals surface area contributed by atoms with E-state index in [0.717, 1.165) is 55.1 Å². The van der Waals surface area contributed by atoms with Gasteiger partial charge in [0.2, 0.25) is 0 Å². The van der Waals surface area contributed by atoms with Crippen LogP contribution in [0.25, 0.3) is 10.2 Å². The second-order valence-corrected chi connectivity index (χ2v) is 9.60. The predicted octanol–water partition coefficient (Wildman–Crippen LogP) is 3.99. The van der Waals surface area contributed by atoms with Crippen LogP contribution in [-0.4, -0.2) is 41.0 Å². The Morgan fingerprint density at radius 1 is 1.17 bits per heavy atom. The van der Waals surface area contributed by atoms with E-state index in [1.54, 1.807) is 11.3 Å². The van der Waals surface area contributed by atoms with Gasteiger partial charge in [-0.05, 0) is 49.8 Å². The molecular weight excluding hydrogens is 380 g/mol. The molecule has 0 spiro atoms. The minimum atomic E-state index is 0.0480. The topological polar surface area (TPSA) is 52.2 Å². The van der Waals surface area contributed by atoms with E-state index >= 15 is 0 Å². The molecular formula is C23H28N4OS. The zero-order valence-electron chi connectivity index (χ0n) is 17.1. The van der Waals surface area contributed by atoms with Gasteiger partial charge in [0.15, 0.2) is 0 Å². The molecule has 2 aliphatic rings. The summed E-state index contributed by atoms with van der Waals surface area (Å²) in [7, 11) is 0. The van der Waals surface area contributed by atoms with Crippen LogP contribution in [0.3, 0.4) is 0 Å². The molecule has 29 heavy (non-hydrogen) atoms. The summed E-state index contributed by atoms with van der Waals surface area (Å²) in [5.41, 5.74) is 2.59. The number of rotatable bonds is 3. The maximum atomic E-state index is 12.9. The Hall–Kier alpha value is -2.18. The van der Waals surface area contributed by atoms with E-state index in [1.807, 2.05) is 0 Å². The fraction of sp³-hybridized carbons (Fsp3) is 0.478. The van der Waals surface area contributed by atoms with Crippen LogP contribution < -0.4 is 10.5 Å². The van der Waals surface area contributed by atoms with Gasteiger partial charge in [-0.15, -0.1) is 11.3 Å². The van der Waals surface area contributed by atoms with Crippen LogP contribution in [0.2, 0.25) is 0 Å². The Kier molecular flexibility index (Phi) is 4.92. The summed E-state index contributed by atoms with van der Waals surface area (Å²) in [6, 6.07) is 10.7. The fourth-order valence-electron chi connectivity index (χ4n) is 4.74. The number of thiophene rings is 1. The summed E-state index contributed by atoms with van der Waals surface area (Å²) >= 11 is 1.74. The fourth-order valence-corrected chi connectivity index (χ4v) is 6.13. The number of nitrogens with one attached hydrogen (secondary N) is 1. The van der Waals surface area contributed by atoms with Crippen LogP contribution in [0.15, 0.2) is 35.1 Å². The zero-order chi connectivity index (χ0) is 20.0. The lowest BCUT2D eigenvalue weighted by atomic mass is 9.89. The van der Waals surface area contributed by atoms with Crippen molar-refractivity contribution in [1.29, 1.82) is 0 Å². The molecule has 1 aliphatic carbocycles. The number of hydrogen-bond donors (Lipinski definition) is 1. The molecule has 2 aromatic heterocycles. The van der Waals surface area contributed by atoms with Gasteiger partial charge in [0.05, 0.1) is 11.4 Å². The van der Waals surface area contributed by atoms with E-state index < -0.39 is 0 Å². The number of H-pyrrole nitrogens is 1. The van der Waals surface area contributed by atoms with Gasteiger partial charge in [-0.2, -0.15) is 0 Å². The Labute approximate surface area is 175 Å². The van der Waals surface area contributed by atoms with Gasteiger partial charge < -0.3 is 9.88 Å². The number of aromatic amines is 1. The molecule has 0 saturated carbocycles. The first-order valence-electron chi connectivity index (χ1n) is 10.7. The molecule has 0 radical (unpaired) electrons. The monoisotopic (exact) mass is 408 g/mol. The highest BCUT2D eigenvalue weighted by Crippen LogP contribution is 2.36. The van der Waals surface area contributed by atoms with Crippen molar-refractivity contribution in [2.45, 2.75) is 39.2 Å². The molecule has 2 unspecified atom stereocenters. The highest BCUT2D eigenvalue weighted by Gasteiger charge is 2.27. The number of aryl methyl sites for hydroxylation is 1. The lowest BCUT2D eigenvalue weighted by Gasteiger charge is -2.38. The van der Waals surface area contributed by atoms with Crippen molar-refractivity contribution in [3.63, 3.8) is 0 Å². The number of nitrogens with zero attached hydrogens (tertiary/aromatic N) is 3. The summed E-state index contributed by atoms with van der Waals surface area (Å²) < 4.78 is 0. The highest BCUT2D eigenvalue weighted by atomic mass is 32.1. The minimum Gasteiger partial charge on any atom is -0.369 e. The minimum absolute atomic E-state index is 0.0480. The lowest BCUT2D eigenvalue weighted by molar-refractivity contribution is 0.192. The van der Waals surface area contributed by atoms with Gasteiger partial charge >= 0.3 is 0 Å². The lowest BCUT2D eigenvalue weighted by Crippen LogP contribution is -2.47. The standard InChI is InChI=1S/C23H28N4OS/c1-15-8-9-18-19(14-15)29-23-20(18)22(28)24-21(25-23)16(2)26-10-12-27(13-11-26)17-6-4-3-5-7-17/h3-7,15-16H,8-14H2,1-2H3,(H,24,25,28). The Bertz CT molecular complexity index is 1070. The molecule has 6 heteroatoms. The third-order valence-electron chi connectivity index (χ3n) is 6.56. The summed E-state index contributed by atoms with van der Waals surface area (Å²) in [6.07, 6.45) is 3.27. The molecule has 1 N–H and O–H groups in total.